The maximum absolute atomic E-state index is 10.2. The lowest BCUT2D eigenvalue weighted by atomic mass is 9.93. The molecule has 0 radical (unpaired) electrons. The molecule has 1 aliphatic rings. The fourth-order valence-electron chi connectivity index (χ4n) is 2.08. The SMILES string of the molecule is Cc1csc(C(O)CC2CCOCC2)c1Cl. The first-order valence-corrected chi connectivity index (χ1v) is 6.93. The van der Waals surface area contributed by atoms with E-state index in [0.29, 0.717) is 5.92 Å². The zero-order valence-electron chi connectivity index (χ0n) is 9.41. The second kappa shape index (κ2) is 5.50. The third-order valence-electron chi connectivity index (χ3n) is 3.13. The lowest BCUT2D eigenvalue weighted by molar-refractivity contribution is 0.0442. The maximum atomic E-state index is 10.2. The summed E-state index contributed by atoms with van der Waals surface area (Å²) in [5.41, 5.74) is 1.06. The van der Waals surface area contributed by atoms with Crippen molar-refractivity contribution in [2.45, 2.75) is 32.3 Å². The molecule has 0 spiro atoms. The summed E-state index contributed by atoms with van der Waals surface area (Å²) in [7, 11) is 0. The fraction of sp³-hybridized carbons (Fsp3) is 0.667. The van der Waals surface area contributed by atoms with Crippen LogP contribution in [0, 0.1) is 12.8 Å². The molecule has 2 nitrogen and oxygen atoms in total. The van der Waals surface area contributed by atoms with Gasteiger partial charge in [-0.1, -0.05) is 11.6 Å². The average molecular weight is 261 g/mol. The number of aliphatic hydroxyl groups excluding tert-OH is 1. The minimum absolute atomic E-state index is 0.408. The van der Waals surface area contributed by atoms with E-state index in [-0.39, 0.29) is 0 Å². The van der Waals surface area contributed by atoms with Crippen LogP contribution in [0.25, 0.3) is 0 Å². The lowest BCUT2D eigenvalue weighted by Crippen LogP contribution is -2.17. The monoisotopic (exact) mass is 260 g/mol. The van der Waals surface area contributed by atoms with Crippen LogP contribution in [0.1, 0.15) is 35.8 Å². The molecule has 0 aromatic carbocycles. The van der Waals surface area contributed by atoms with Crippen molar-refractivity contribution in [2.24, 2.45) is 5.92 Å². The van der Waals surface area contributed by atoms with Crippen molar-refractivity contribution in [3.63, 3.8) is 0 Å². The van der Waals surface area contributed by atoms with Crippen molar-refractivity contribution in [2.75, 3.05) is 13.2 Å². The number of halogens is 1. The molecular formula is C12H17ClO2S. The molecule has 2 heterocycles. The van der Waals surface area contributed by atoms with Crippen LogP contribution in [0.4, 0.5) is 0 Å². The number of hydrogen-bond acceptors (Lipinski definition) is 3. The molecule has 1 aromatic heterocycles. The summed E-state index contributed by atoms with van der Waals surface area (Å²) in [6, 6.07) is 0. The standard InChI is InChI=1S/C12H17ClO2S/c1-8-7-16-12(11(8)13)10(14)6-9-2-4-15-5-3-9/h7,9-10,14H,2-6H2,1H3. The molecular weight excluding hydrogens is 244 g/mol. The van der Waals surface area contributed by atoms with E-state index in [4.69, 9.17) is 16.3 Å². The van der Waals surface area contributed by atoms with Gasteiger partial charge in [0, 0.05) is 13.2 Å². The minimum atomic E-state index is -0.408. The molecule has 90 valence electrons. The second-order valence-electron chi connectivity index (χ2n) is 4.40. The van der Waals surface area contributed by atoms with E-state index in [1.807, 2.05) is 12.3 Å². The van der Waals surface area contributed by atoms with Crippen molar-refractivity contribution in [1.29, 1.82) is 0 Å². The number of hydrogen-bond donors (Lipinski definition) is 1. The van der Waals surface area contributed by atoms with Gasteiger partial charge in [-0.05, 0) is 43.0 Å². The largest absolute Gasteiger partial charge is 0.388 e. The number of thiophene rings is 1. The zero-order chi connectivity index (χ0) is 11.5. The van der Waals surface area contributed by atoms with Crippen LogP contribution in [-0.4, -0.2) is 18.3 Å². The summed E-state index contributed by atoms with van der Waals surface area (Å²) >= 11 is 7.71. The quantitative estimate of drug-likeness (QED) is 0.901. The van der Waals surface area contributed by atoms with Crippen LogP contribution in [-0.2, 0) is 4.74 Å². The molecule has 1 aromatic rings. The van der Waals surface area contributed by atoms with Crippen molar-refractivity contribution < 1.29 is 9.84 Å². The van der Waals surface area contributed by atoms with Crippen molar-refractivity contribution in [3.05, 3.63) is 20.8 Å². The molecule has 1 fully saturated rings. The molecule has 1 N–H and O–H groups in total. The Balaban J connectivity index is 1.96. The van der Waals surface area contributed by atoms with E-state index in [9.17, 15) is 5.11 Å². The molecule has 1 saturated heterocycles. The van der Waals surface area contributed by atoms with Crippen molar-refractivity contribution in [3.8, 4) is 0 Å². The Kier molecular flexibility index (Phi) is 4.25. The molecule has 0 saturated carbocycles. The normalized spacial score (nSPS) is 19.9. The molecule has 0 aliphatic carbocycles. The molecule has 4 heteroatoms. The predicted octanol–water partition coefficient (Wildman–Crippen LogP) is 3.56. The first-order chi connectivity index (χ1) is 7.68. The number of rotatable bonds is 3. The average Bonchev–Trinajstić information content (AvgIpc) is 2.61. The first-order valence-electron chi connectivity index (χ1n) is 5.67. The highest BCUT2D eigenvalue weighted by Gasteiger charge is 2.21. The van der Waals surface area contributed by atoms with Crippen LogP contribution in [0.2, 0.25) is 5.02 Å². The third kappa shape index (κ3) is 2.77. The van der Waals surface area contributed by atoms with E-state index in [2.05, 4.69) is 0 Å². The van der Waals surface area contributed by atoms with E-state index in [0.717, 1.165) is 47.9 Å². The summed E-state index contributed by atoms with van der Waals surface area (Å²) < 4.78 is 5.31. The Labute approximate surface area is 105 Å². The number of ether oxygens (including phenoxy) is 1. The Morgan fingerprint density at radius 1 is 1.56 bits per heavy atom. The highest BCUT2D eigenvalue weighted by Crippen LogP contribution is 2.36. The van der Waals surface area contributed by atoms with Crippen LogP contribution in [0.3, 0.4) is 0 Å². The van der Waals surface area contributed by atoms with Crippen LogP contribution >= 0.6 is 22.9 Å². The number of aliphatic hydroxyl groups is 1. The first kappa shape index (κ1) is 12.4. The van der Waals surface area contributed by atoms with E-state index >= 15 is 0 Å². The van der Waals surface area contributed by atoms with Gasteiger partial charge in [0.2, 0.25) is 0 Å². The van der Waals surface area contributed by atoms with Crippen molar-refractivity contribution in [1.82, 2.24) is 0 Å². The Hall–Kier alpha value is -0.0900. The number of aryl methyl sites for hydroxylation is 1. The molecule has 1 aliphatic heterocycles. The Morgan fingerprint density at radius 2 is 2.25 bits per heavy atom. The van der Waals surface area contributed by atoms with Gasteiger partial charge in [-0.15, -0.1) is 11.3 Å². The highest BCUT2D eigenvalue weighted by molar-refractivity contribution is 7.10. The molecule has 16 heavy (non-hydrogen) atoms. The molecule has 0 amide bonds. The van der Waals surface area contributed by atoms with Crippen LogP contribution in [0.15, 0.2) is 5.38 Å². The highest BCUT2D eigenvalue weighted by atomic mass is 35.5. The summed E-state index contributed by atoms with van der Waals surface area (Å²) in [4.78, 5) is 0.922. The molecule has 1 atom stereocenters. The third-order valence-corrected chi connectivity index (χ3v) is 4.94. The van der Waals surface area contributed by atoms with Gasteiger partial charge in [-0.3, -0.25) is 0 Å². The molecule has 1 unspecified atom stereocenters. The van der Waals surface area contributed by atoms with Crippen molar-refractivity contribution >= 4 is 22.9 Å². The van der Waals surface area contributed by atoms with Crippen LogP contribution < -0.4 is 0 Å². The van der Waals surface area contributed by atoms with E-state index in [1.54, 1.807) is 11.3 Å². The fourth-order valence-corrected chi connectivity index (χ4v) is 3.40. The Bertz CT molecular complexity index is 345. The van der Waals surface area contributed by atoms with Crippen LogP contribution in [0.5, 0.6) is 0 Å². The van der Waals surface area contributed by atoms with Gasteiger partial charge in [-0.25, -0.2) is 0 Å². The van der Waals surface area contributed by atoms with Gasteiger partial charge in [0.1, 0.15) is 0 Å². The second-order valence-corrected chi connectivity index (χ2v) is 5.69. The van der Waals surface area contributed by atoms with E-state index in [1.165, 1.54) is 0 Å². The van der Waals surface area contributed by atoms with Gasteiger partial charge in [0.05, 0.1) is 16.0 Å². The van der Waals surface area contributed by atoms with Gasteiger partial charge >= 0.3 is 0 Å². The van der Waals surface area contributed by atoms with E-state index < -0.39 is 6.10 Å². The summed E-state index contributed by atoms with van der Waals surface area (Å²) in [5, 5.41) is 12.9. The van der Waals surface area contributed by atoms with Gasteiger partial charge in [0.15, 0.2) is 0 Å². The molecule has 2 rings (SSSR count). The topological polar surface area (TPSA) is 29.5 Å². The molecule has 0 bridgehead atoms. The van der Waals surface area contributed by atoms with Gasteiger partial charge in [-0.2, -0.15) is 0 Å². The van der Waals surface area contributed by atoms with Gasteiger partial charge < -0.3 is 9.84 Å². The predicted molar refractivity (Wildman–Crippen MR) is 67.2 cm³/mol. The smallest absolute Gasteiger partial charge is 0.0899 e. The summed E-state index contributed by atoms with van der Waals surface area (Å²) in [6.07, 6.45) is 2.51. The maximum Gasteiger partial charge on any atom is 0.0899 e. The Morgan fingerprint density at radius 3 is 2.81 bits per heavy atom. The lowest BCUT2D eigenvalue weighted by Gasteiger charge is -2.24. The minimum Gasteiger partial charge on any atom is -0.388 e. The van der Waals surface area contributed by atoms with Gasteiger partial charge in [0.25, 0.3) is 0 Å². The summed E-state index contributed by atoms with van der Waals surface area (Å²) in [6.45, 7) is 3.63. The zero-order valence-corrected chi connectivity index (χ0v) is 11.0. The summed E-state index contributed by atoms with van der Waals surface area (Å²) in [5.74, 6) is 0.572.